The van der Waals surface area contributed by atoms with Gasteiger partial charge in [0.2, 0.25) is 0 Å². The Bertz CT molecular complexity index is 262. The van der Waals surface area contributed by atoms with E-state index in [9.17, 15) is 0 Å². The summed E-state index contributed by atoms with van der Waals surface area (Å²) >= 11 is 0. The lowest BCUT2D eigenvalue weighted by molar-refractivity contribution is 0.0632. The molecule has 20 heavy (non-hydrogen) atoms. The van der Waals surface area contributed by atoms with Gasteiger partial charge in [0.25, 0.3) is 0 Å². The van der Waals surface area contributed by atoms with Gasteiger partial charge in [-0.1, -0.05) is 40.5 Å². The van der Waals surface area contributed by atoms with Gasteiger partial charge in [0.15, 0.2) is 0 Å². The van der Waals surface area contributed by atoms with Gasteiger partial charge in [-0.2, -0.15) is 0 Å². The van der Waals surface area contributed by atoms with E-state index in [1.807, 2.05) is 0 Å². The second-order valence-electron chi connectivity index (χ2n) is 7.80. The molecule has 1 aliphatic carbocycles. The molecule has 1 aliphatic rings. The van der Waals surface area contributed by atoms with E-state index in [2.05, 4.69) is 51.8 Å². The van der Waals surface area contributed by atoms with Gasteiger partial charge in [0, 0.05) is 25.2 Å². The van der Waals surface area contributed by atoms with E-state index < -0.39 is 0 Å². The predicted molar refractivity (Wildman–Crippen MR) is 90.2 cm³/mol. The zero-order valence-electron chi connectivity index (χ0n) is 14.8. The quantitative estimate of drug-likeness (QED) is 0.714. The Balaban J connectivity index is 2.74. The van der Waals surface area contributed by atoms with E-state index >= 15 is 0 Å². The zero-order chi connectivity index (χ0) is 15.2. The Morgan fingerprint density at radius 3 is 2.45 bits per heavy atom. The van der Waals surface area contributed by atoms with Crippen molar-refractivity contribution in [2.45, 2.75) is 85.7 Å². The average molecular weight is 283 g/mol. The van der Waals surface area contributed by atoms with Crippen LogP contribution in [0, 0.1) is 11.3 Å². The van der Waals surface area contributed by atoms with Crippen LogP contribution in [-0.4, -0.2) is 36.6 Å². The highest BCUT2D eigenvalue weighted by Crippen LogP contribution is 2.40. The van der Waals surface area contributed by atoms with E-state index in [0.717, 1.165) is 5.92 Å². The molecule has 0 saturated heterocycles. The lowest BCUT2D eigenvalue weighted by Crippen LogP contribution is -2.49. The standard InChI is InChI=1S/C18H38N2/c1-7-11-20(16(4)5)14-18(13-19-15(2)3)10-8-9-17(6)12-18/h15-17,19H,7-14H2,1-6H3. The second kappa shape index (κ2) is 8.38. The molecule has 2 nitrogen and oxygen atoms in total. The van der Waals surface area contributed by atoms with Gasteiger partial charge in [0.1, 0.15) is 0 Å². The number of nitrogens with zero attached hydrogens (tertiary/aromatic N) is 1. The van der Waals surface area contributed by atoms with E-state index in [4.69, 9.17) is 0 Å². The van der Waals surface area contributed by atoms with Crippen LogP contribution in [0.1, 0.15) is 73.6 Å². The summed E-state index contributed by atoms with van der Waals surface area (Å²) in [6.45, 7) is 17.7. The van der Waals surface area contributed by atoms with Gasteiger partial charge in [-0.25, -0.2) is 0 Å². The van der Waals surface area contributed by atoms with Crippen LogP contribution < -0.4 is 5.32 Å². The van der Waals surface area contributed by atoms with Crippen LogP contribution in [0.3, 0.4) is 0 Å². The largest absolute Gasteiger partial charge is 0.314 e. The first-order valence-electron chi connectivity index (χ1n) is 8.86. The average Bonchev–Trinajstić information content (AvgIpc) is 2.36. The molecular formula is C18H38N2. The molecule has 0 aromatic heterocycles. The van der Waals surface area contributed by atoms with Gasteiger partial charge >= 0.3 is 0 Å². The molecule has 2 heteroatoms. The normalized spacial score (nSPS) is 27.8. The summed E-state index contributed by atoms with van der Waals surface area (Å²) < 4.78 is 0. The molecule has 0 spiro atoms. The minimum absolute atomic E-state index is 0.501. The number of hydrogen-bond donors (Lipinski definition) is 1. The van der Waals surface area contributed by atoms with Gasteiger partial charge in [-0.15, -0.1) is 0 Å². The summed E-state index contributed by atoms with van der Waals surface area (Å²) in [7, 11) is 0. The van der Waals surface area contributed by atoms with Crippen molar-refractivity contribution in [3.8, 4) is 0 Å². The van der Waals surface area contributed by atoms with Crippen LogP contribution in [0.15, 0.2) is 0 Å². The number of nitrogens with one attached hydrogen (secondary N) is 1. The third-order valence-electron chi connectivity index (χ3n) is 4.85. The maximum Gasteiger partial charge on any atom is 0.00529 e. The zero-order valence-corrected chi connectivity index (χ0v) is 14.8. The Hall–Kier alpha value is -0.0800. The van der Waals surface area contributed by atoms with Crippen molar-refractivity contribution in [1.29, 1.82) is 0 Å². The smallest absolute Gasteiger partial charge is 0.00529 e. The van der Waals surface area contributed by atoms with Crippen LogP contribution in [0.5, 0.6) is 0 Å². The summed E-state index contributed by atoms with van der Waals surface area (Å²) in [5, 5.41) is 3.74. The molecule has 0 aromatic carbocycles. The minimum atomic E-state index is 0.501. The Morgan fingerprint density at radius 1 is 1.25 bits per heavy atom. The third kappa shape index (κ3) is 5.73. The van der Waals surface area contributed by atoms with Crippen LogP contribution in [0.4, 0.5) is 0 Å². The highest BCUT2D eigenvalue weighted by Gasteiger charge is 2.36. The van der Waals surface area contributed by atoms with E-state index in [-0.39, 0.29) is 0 Å². The molecule has 2 unspecified atom stereocenters. The van der Waals surface area contributed by atoms with Crippen molar-refractivity contribution < 1.29 is 0 Å². The highest BCUT2D eigenvalue weighted by atomic mass is 15.2. The monoisotopic (exact) mass is 282 g/mol. The second-order valence-corrected chi connectivity index (χ2v) is 7.80. The fourth-order valence-electron chi connectivity index (χ4n) is 3.79. The van der Waals surface area contributed by atoms with Crippen LogP contribution in [0.2, 0.25) is 0 Å². The molecule has 0 aromatic rings. The summed E-state index contributed by atoms with van der Waals surface area (Å²) in [5.74, 6) is 0.897. The van der Waals surface area contributed by atoms with Crippen LogP contribution in [0.25, 0.3) is 0 Å². The van der Waals surface area contributed by atoms with Gasteiger partial charge in [-0.3, -0.25) is 0 Å². The molecule has 0 heterocycles. The molecule has 0 amide bonds. The summed E-state index contributed by atoms with van der Waals surface area (Å²) in [6.07, 6.45) is 6.92. The molecule has 0 aliphatic heterocycles. The van der Waals surface area contributed by atoms with Gasteiger partial charge in [0.05, 0.1) is 0 Å². The lowest BCUT2D eigenvalue weighted by Gasteiger charge is -2.45. The van der Waals surface area contributed by atoms with Gasteiger partial charge in [-0.05, 0) is 51.0 Å². The van der Waals surface area contributed by atoms with Crippen molar-refractivity contribution in [2.75, 3.05) is 19.6 Å². The molecule has 0 bridgehead atoms. The maximum atomic E-state index is 3.74. The Labute approximate surface area is 127 Å². The van der Waals surface area contributed by atoms with Crippen molar-refractivity contribution in [3.05, 3.63) is 0 Å². The van der Waals surface area contributed by atoms with Gasteiger partial charge < -0.3 is 10.2 Å². The topological polar surface area (TPSA) is 15.3 Å². The third-order valence-corrected chi connectivity index (χ3v) is 4.85. The van der Waals surface area contributed by atoms with Crippen molar-refractivity contribution in [2.24, 2.45) is 11.3 Å². The Kier molecular flexibility index (Phi) is 7.53. The minimum Gasteiger partial charge on any atom is -0.314 e. The first kappa shape index (κ1) is 18.0. The lowest BCUT2D eigenvalue weighted by atomic mass is 9.69. The maximum absolute atomic E-state index is 3.74. The fourth-order valence-corrected chi connectivity index (χ4v) is 3.79. The first-order chi connectivity index (χ1) is 9.38. The van der Waals surface area contributed by atoms with E-state index in [1.165, 1.54) is 51.7 Å². The predicted octanol–water partition coefficient (Wildman–Crippen LogP) is 4.30. The van der Waals surface area contributed by atoms with Crippen molar-refractivity contribution in [3.63, 3.8) is 0 Å². The van der Waals surface area contributed by atoms with E-state index in [1.54, 1.807) is 0 Å². The number of rotatable bonds is 8. The van der Waals surface area contributed by atoms with Crippen LogP contribution in [-0.2, 0) is 0 Å². The van der Waals surface area contributed by atoms with Crippen LogP contribution >= 0.6 is 0 Å². The number of hydrogen-bond acceptors (Lipinski definition) is 2. The first-order valence-corrected chi connectivity index (χ1v) is 8.86. The molecular weight excluding hydrogens is 244 g/mol. The molecule has 0 radical (unpaired) electrons. The molecule has 1 N–H and O–H groups in total. The molecule has 1 saturated carbocycles. The summed E-state index contributed by atoms with van der Waals surface area (Å²) in [5.41, 5.74) is 0.501. The molecule has 1 rings (SSSR count). The Morgan fingerprint density at radius 2 is 1.95 bits per heavy atom. The van der Waals surface area contributed by atoms with E-state index in [0.29, 0.717) is 17.5 Å². The molecule has 120 valence electrons. The molecule has 2 atom stereocenters. The van der Waals surface area contributed by atoms with Crippen molar-refractivity contribution >= 4 is 0 Å². The van der Waals surface area contributed by atoms with Crippen molar-refractivity contribution in [1.82, 2.24) is 10.2 Å². The molecule has 1 fully saturated rings. The summed E-state index contributed by atoms with van der Waals surface area (Å²) in [4.78, 5) is 2.71. The SMILES string of the molecule is CCCN(CC1(CNC(C)C)CCCC(C)C1)C(C)C. The summed E-state index contributed by atoms with van der Waals surface area (Å²) in [6, 6.07) is 1.27. The fraction of sp³-hybridized carbons (Fsp3) is 1.00. The highest BCUT2D eigenvalue weighted by molar-refractivity contribution is 4.91.